The summed E-state index contributed by atoms with van der Waals surface area (Å²) < 4.78 is 0. The predicted molar refractivity (Wildman–Crippen MR) is 60.0 cm³/mol. The lowest BCUT2D eigenvalue weighted by molar-refractivity contribution is 0.300. The molecule has 0 aromatic rings. The average molecular weight is 212 g/mol. The van der Waals surface area contributed by atoms with E-state index in [-0.39, 0.29) is 6.61 Å². The summed E-state index contributed by atoms with van der Waals surface area (Å²) in [5.74, 6) is 1.42. The zero-order valence-electron chi connectivity index (χ0n) is 8.07. The van der Waals surface area contributed by atoms with E-state index < -0.39 is 0 Å². The summed E-state index contributed by atoms with van der Waals surface area (Å²) in [6.45, 7) is 0.654. The van der Waals surface area contributed by atoms with Gasteiger partial charge in [-0.25, -0.2) is 0 Å². The van der Waals surface area contributed by atoms with Crippen LogP contribution in [0.1, 0.15) is 12.8 Å². The smallest absolute Gasteiger partial charge is 0.166 e. The van der Waals surface area contributed by atoms with Crippen molar-refractivity contribution in [3.8, 4) is 0 Å². The maximum atomic E-state index is 8.62. The molecule has 1 saturated carbocycles. The summed E-state index contributed by atoms with van der Waals surface area (Å²) in [4.78, 5) is 0. The summed E-state index contributed by atoms with van der Waals surface area (Å²) in [6.07, 6.45) is 7.08. The van der Waals surface area contributed by atoms with Gasteiger partial charge in [0.1, 0.15) is 0 Å². The highest BCUT2D eigenvalue weighted by atomic mass is 32.1. The highest BCUT2D eigenvalue weighted by Gasteiger charge is 2.35. The Balaban J connectivity index is 1.76. The minimum absolute atomic E-state index is 0.123. The zero-order valence-corrected chi connectivity index (χ0v) is 8.89. The van der Waals surface area contributed by atoms with E-state index >= 15 is 0 Å². The molecule has 0 heterocycles. The van der Waals surface area contributed by atoms with Crippen molar-refractivity contribution in [1.82, 2.24) is 10.6 Å². The second-order valence-electron chi connectivity index (χ2n) is 4.01. The van der Waals surface area contributed by atoms with Gasteiger partial charge in [-0.15, -0.1) is 0 Å². The standard InChI is InChI=1S/C10H16N2OS/c13-4-3-11-10(14)12-9-6-7-1-2-8(9)5-7/h1-2,7-9,13H,3-6H2,(H2,11,12,14)/t7-,8-,9-/m0/s1. The second-order valence-corrected chi connectivity index (χ2v) is 4.42. The highest BCUT2D eigenvalue weighted by molar-refractivity contribution is 7.80. The van der Waals surface area contributed by atoms with Gasteiger partial charge in [0.25, 0.3) is 0 Å². The Morgan fingerprint density at radius 1 is 1.43 bits per heavy atom. The fourth-order valence-corrected chi connectivity index (χ4v) is 2.59. The number of rotatable bonds is 3. The van der Waals surface area contributed by atoms with Crippen molar-refractivity contribution in [2.24, 2.45) is 11.8 Å². The molecule has 0 amide bonds. The molecule has 3 atom stereocenters. The van der Waals surface area contributed by atoms with Crippen molar-refractivity contribution in [1.29, 1.82) is 0 Å². The van der Waals surface area contributed by atoms with Crippen LogP contribution < -0.4 is 10.6 Å². The fourth-order valence-electron chi connectivity index (χ4n) is 2.34. The second kappa shape index (κ2) is 4.28. The van der Waals surface area contributed by atoms with Crippen molar-refractivity contribution in [3.63, 3.8) is 0 Å². The maximum Gasteiger partial charge on any atom is 0.166 e. The van der Waals surface area contributed by atoms with Crippen molar-refractivity contribution >= 4 is 17.3 Å². The van der Waals surface area contributed by atoms with Crippen LogP contribution in [0.4, 0.5) is 0 Å². The molecule has 0 unspecified atom stereocenters. The first-order valence-electron chi connectivity index (χ1n) is 5.13. The van der Waals surface area contributed by atoms with Gasteiger partial charge in [-0.2, -0.15) is 0 Å². The molecule has 0 spiro atoms. The molecule has 0 aliphatic heterocycles. The van der Waals surface area contributed by atoms with Gasteiger partial charge in [0.2, 0.25) is 0 Å². The monoisotopic (exact) mass is 212 g/mol. The van der Waals surface area contributed by atoms with E-state index in [2.05, 4.69) is 22.8 Å². The van der Waals surface area contributed by atoms with Gasteiger partial charge in [-0.1, -0.05) is 12.2 Å². The van der Waals surface area contributed by atoms with Crippen LogP contribution in [0, 0.1) is 11.8 Å². The third-order valence-corrected chi connectivity index (χ3v) is 3.25. The molecule has 3 nitrogen and oxygen atoms in total. The van der Waals surface area contributed by atoms with Gasteiger partial charge in [-0.3, -0.25) is 0 Å². The highest BCUT2D eigenvalue weighted by Crippen LogP contribution is 2.38. The van der Waals surface area contributed by atoms with Crippen LogP contribution in [0.3, 0.4) is 0 Å². The Bertz CT molecular complexity index is 255. The summed E-state index contributed by atoms with van der Waals surface area (Å²) in [7, 11) is 0. The average Bonchev–Trinajstić information content (AvgIpc) is 2.76. The number of allylic oxidation sites excluding steroid dienone is 1. The van der Waals surface area contributed by atoms with Crippen molar-refractivity contribution < 1.29 is 5.11 Å². The first-order chi connectivity index (χ1) is 6.79. The lowest BCUT2D eigenvalue weighted by atomic mass is 10.0. The van der Waals surface area contributed by atoms with Gasteiger partial charge < -0.3 is 15.7 Å². The Hall–Kier alpha value is -0.610. The quantitative estimate of drug-likeness (QED) is 0.468. The van der Waals surface area contributed by atoms with Gasteiger partial charge in [0.15, 0.2) is 5.11 Å². The van der Waals surface area contributed by atoms with Gasteiger partial charge >= 0.3 is 0 Å². The van der Waals surface area contributed by atoms with E-state index in [4.69, 9.17) is 17.3 Å². The number of hydrogen-bond donors (Lipinski definition) is 3. The van der Waals surface area contributed by atoms with E-state index in [0.717, 1.165) is 5.92 Å². The minimum Gasteiger partial charge on any atom is -0.395 e. The van der Waals surface area contributed by atoms with E-state index in [0.29, 0.717) is 23.6 Å². The normalized spacial score (nSPS) is 33.4. The van der Waals surface area contributed by atoms with Crippen molar-refractivity contribution in [3.05, 3.63) is 12.2 Å². The molecule has 0 aromatic carbocycles. The first-order valence-corrected chi connectivity index (χ1v) is 5.54. The molecule has 1 fully saturated rings. The maximum absolute atomic E-state index is 8.62. The topological polar surface area (TPSA) is 44.3 Å². The van der Waals surface area contributed by atoms with Crippen LogP contribution in [0.2, 0.25) is 0 Å². The van der Waals surface area contributed by atoms with Crippen LogP contribution in [0.25, 0.3) is 0 Å². The third kappa shape index (κ3) is 2.07. The van der Waals surface area contributed by atoms with Gasteiger partial charge in [-0.05, 0) is 36.9 Å². The molecule has 0 radical (unpaired) electrons. The molecule has 78 valence electrons. The number of aliphatic hydroxyl groups is 1. The fraction of sp³-hybridized carbons (Fsp3) is 0.700. The van der Waals surface area contributed by atoms with E-state index in [1.807, 2.05) is 0 Å². The largest absolute Gasteiger partial charge is 0.395 e. The molecule has 14 heavy (non-hydrogen) atoms. The SMILES string of the molecule is OCCNC(=S)N[C@H]1C[C@H]2C=C[C@H]1C2. The molecule has 3 N–H and O–H groups in total. The van der Waals surface area contributed by atoms with Crippen LogP contribution in [-0.4, -0.2) is 29.4 Å². The minimum atomic E-state index is 0.123. The lowest BCUT2D eigenvalue weighted by Crippen LogP contribution is -2.44. The van der Waals surface area contributed by atoms with Crippen LogP contribution >= 0.6 is 12.2 Å². The third-order valence-electron chi connectivity index (χ3n) is 2.99. The van der Waals surface area contributed by atoms with Gasteiger partial charge in [0, 0.05) is 12.6 Å². The molecule has 2 rings (SSSR count). The molecule has 4 heteroatoms. The van der Waals surface area contributed by atoms with Crippen LogP contribution in [0.5, 0.6) is 0 Å². The lowest BCUT2D eigenvalue weighted by Gasteiger charge is -2.21. The van der Waals surface area contributed by atoms with E-state index in [1.54, 1.807) is 0 Å². The van der Waals surface area contributed by atoms with E-state index in [1.165, 1.54) is 12.8 Å². The van der Waals surface area contributed by atoms with Gasteiger partial charge in [0.05, 0.1) is 6.61 Å². The molecule has 0 aromatic heterocycles. The van der Waals surface area contributed by atoms with E-state index in [9.17, 15) is 0 Å². The zero-order chi connectivity index (χ0) is 9.97. The first kappa shape index (κ1) is 9.93. The van der Waals surface area contributed by atoms with Crippen molar-refractivity contribution in [2.75, 3.05) is 13.2 Å². The molecule has 2 bridgehead atoms. The van der Waals surface area contributed by atoms with Crippen LogP contribution in [0.15, 0.2) is 12.2 Å². The summed E-state index contributed by atoms with van der Waals surface area (Å²) >= 11 is 5.11. The van der Waals surface area contributed by atoms with Crippen molar-refractivity contribution in [2.45, 2.75) is 18.9 Å². The Kier molecular flexibility index (Phi) is 3.03. The number of hydrogen-bond acceptors (Lipinski definition) is 2. The summed E-state index contributed by atoms with van der Waals surface area (Å²) in [5.41, 5.74) is 0. The summed E-state index contributed by atoms with van der Waals surface area (Å²) in [5, 5.41) is 15.6. The Labute approximate surface area is 89.6 Å². The predicted octanol–water partition coefficient (Wildman–Crippen LogP) is 0.407. The Morgan fingerprint density at radius 2 is 2.29 bits per heavy atom. The number of nitrogens with one attached hydrogen (secondary N) is 2. The molecular weight excluding hydrogens is 196 g/mol. The number of aliphatic hydroxyl groups excluding tert-OH is 1. The molecular formula is C10H16N2OS. The number of thiocarbonyl (C=S) groups is 1. The summed E-state index contributed by atoms with van der Waals surface area (Å²) in [6, 6.07) is 0.503. The van der Waals surface area contributed by atoms with Crippen LogP contribution in [-0.2, 0) is 0 Å². The molecule has 2 aliphatic carbocycles. The molecule has 2 aliphatic rings. The molecule has 0 saturated heterocycles. The number of fused-ring (bicyclic) bond motifs is 2. The Morgan fingerprint density at radius 3 is 2.86 bits per heavy atom.